The summed E-state index contributed by atoms with van der Waals surface area (Å²) in [7, 11) is -3.71. The molecule has 0 bridgehead atoms. The molecule has 0 aliphatic carbocycles. The number of sulfonamides is 1. The van der Waals surface area contributed by atoms with E-state index in [0.717, 1.165) is 5.69 Å². The third kappa shape index (κ3) is 4.20. The lowest BCUT2D eigenvalue weighted by Crippen LogP contribution is -2.21. The summed E-state index contributed by atoms with van der Waals surface area (Å²) in [5, 5.41) is 3.45. The molecule has 0 aromatic carbocycles. The summed E-state index contributed by atoms with van der Waals surface area (Å²) in [6, 6.07) is 5.10. The van der Waals surface area contributed by atoms with E-state index < -0.39 is 10.0 Å². The fourth-order valence-corrected chi connectivity index (χ4v) is 2.91. The Labute approximate surface area is 129 Å². The van der Waals surface area contributed by atoms with Crippen molar-refractivity contribution in [2.24, 2.45) is 0 Å². The van der Waals surface area contributed by atoms with Crippen molar-refractivity contribution in [1.29, 1.82) is 0 Å². The zero-order valence-corrected chi connectivity index (χ0v) is 13.3. The molecule has 0 aliphatic heterocycles. The Bertz CT molecular complexity index is 712. The van der Waals surface area contributed by atoms with Gasteiger partial charge in [-0.2, -0.15) is 0 Å². The highest BCUT2D eigenvalue weighted by Gasteiger charge is 2.18. The van der Waals surface area contributed by atoms with Crippen LogP contribution in [0.25, 0.3) is 0 Å². The molecule has 0 spiro atoms. The quantitative estimate of drug-likeness (QED) is 0.759. The highest BCUT2D eigenvalue weighted by Crippen LogP contribution is 2.21. The molecule has 0 unspecified atom stereocenters. The van der Waals surface area contributed by atoms with Gasteiger partial charge in [0.25, 0.3) is 10.0 Å². The summed E-state index contributed by atoms with van der Waals surface area (Å²) in [5.41, 5.74) is 0.788. The lowest BCUT2D eigenvalue weighted by molar-refractivity contribution is 0.582. The molecule has 2 heterocycles. The molecule has 21 heavy (non-hydrogen) atoms. The van der Waals surface area contributed by atoms with Gasteiger partial charge in [0.15, 0.2) is 5.82 Å². The SMILES string of the molecule is CC(C)NCc1cc(S(=O)(=O)Nc2ncccc2Cl)c[nH]1. The molecule has 2 rings (SSSR count). The number of hydrogen-bond donors (Lipinski definition) is 3. The van der Waals surface area contributed by atoms with Crippen molar-refractivity contribution in [1.82, 2.24) is 15.3 Å². The van der Waals surface area contributed by atoms with Crippen LogP contribution in [0, 0.1) is 0 Å². The zero-order chi connectivity index (χ0) is 15.5. The van der Waals surface area contributed by atoms with Gasteiger partial charge in [-0.1, -0.05) is 25.4 Å². The molecule has 8 heteroatoms. The van der Waals surface area contributed by atoms with Gasteiger partial charge < -0.3 is 10.3 Å². The van der Waals surface area contributed by atoms with Crippen LogP contribution >= 0.6 is 11.6 Å². The Morgan fingerprint density at radius 1 is 1.43 bits per heavy atom. The van der Waals surface area contributed by atoms with Gasteiger partial charge >= 0.3 is 0 Å². The van der Waals surface area contributed by atoms with E-state index in [0.29, 0.717) is 12.6 Å². The molecule has 0 saturated carbocycles. The van der Waals surface area contributed by atoms with E-state index in [9.17, 15) is 8.42 Å². The minimum Gasteiger partial charge on any atom is -0.363 e. The molecule has 0 saturated heterocycles. The Morgan fingerprint density at radius 2 is 2.19 bits per heavy atom. The molecular weight excluding hydrogens is 312 g/mol. The van der Waals surface area contributed by atoms with Crippen LogP contribution in [0.15, 0.2) is 35.5 Å². The average molecular weight is 329 g/mol. The zero-order valence-electron chi connectivity index (χ0n) is 11.7. The van der Waals surface area contributed by atoms with Gasteiger partial charge in [-0.25, -0.2) is 13.4 Å². The van der Waals surface area contributed by atoms with Gasteiger partial charge in [0, 0.05) is 30.7 Å². The Kier molecular flexibility index (Phi) is 4.87. The number of rotatable bonds is 6. The van der Waals surface area contributed by atoms with Crippen LogP contribution in [-0.4, -0.2) is 24.4 Å². The first-order chi connectivity index (χ1) is 9.88. The third-order valence-corrected chi connectivity index (χ3v) is 4.34. The summed E-state index contributed by atoms with van der Waals surface area (Å²) < 4.78 is 26.9. The second-order valence-corrected chi connectivity index (χ2v) is 6.93. The third-order valence-electron chi connectivity index (χ3n) is 2.72. The predicted octanol–water partition coefficient (Wildman–Crippen LogP) is 2.36. The van der Waals surface area contributed by atoms with Crippen LogP contribution < -0.4 is 10.0 Å². The van der Waals surface area contributed by atoms with Crippen molar-refractivity contribution >= 4 is 27.4 Å². The van der Waals surface area contributed by atoms with E-state index in [4.69, 9.17) is 11.6 Å². The summed E-state index contributed by atoms with van der Waals surface area (Å²) in [5.74, 6) is 0.113. The average Bonchev–Trinajstić information content (AvgIpc) is 2.88. The first-order valence-electron chi connectivity index (χ1n) is 6.42. The molecule has 0 radical (unpaired) electrons. The van der Waals surface area contributed by atoms with E-state index in [1.807, 2.05) is 13.8 Å². The summed E-state index contributed by atoms with van der Waals surface area (Å²) in [6.45, 7) is 4.61. The number of H-pyrrole nitrogens is 1. The van der Waals surface area contributed by atoms with E-state index in [1.165, 1.54) is 12.4 Å². The van der Waals surface area contributed by atoms with E-state index in [1.54, 1.807) is 18.2 Å². The largest absolute Gasteiger partial charge is 0.363 e. The Hall–Kier alpha value is -1.57. The first-order valence-corrected chi connectivity index (χ1v) is 8.28. The van der Waals surface area contributed by atoms with Gasteiger partial charge in [0.05, 0.1) is 5.02 Å². The van der Waals surface area contributed by atoms with Crippen molar-refractivity contribution < 1.29 is 8.42 Å². The Balaban J connectivity index is 2.15. The molecule has 114 valence electrons. The lowest BCUT2D eigenvalue weighted by Gasteiger charge is -2.07. The summed E-state index contributed by atoms with van der Waals surface area (Å²) in [6.07, 6.45) is 2.91. The van der Waals surface area contributed by atoms with Crippen LogP contribution in [0.1, 0.15) is 19.5 Å². The number of hydrogen-bond acceptors (Lipinski definition) is 4. The van der Waals surface area contributed by atoms with Crippen molar-refractivity contribution in [2.75, 3.05) is 4.72 Å². The second kappa shape index (κ2) is 6.46. The molecule has 2 aromatic rings. The highest BCUT2D eigenvalue weighted by atomic mass is 35.5. The minimum atomic E-state index is -3.71. The maximum Gasteiger partial charge on any atom is 0.264 e. The number of aromatic amines is 1. The van der Waals surface area contributed by atoms with Crippen LogP contribution in [-0.2, 0) is 16.6 Å². The second-order valence-electron chi connectivity index (χ2n) is 4.84. The van der Waals surface area contributed by atoms with E-state index in [-0.39, 0.29) is 15.7 Å². The normalized spacial score (nSPS) is 11.8. The molecule has 0 amide bonds. The maximum absolute atomic E-state index is 12.3. The van der Waals surface area contributed by atoms with Crippen LogP contribution in [0.4, 0.5) is 5.82 Å². The van der Waals surface area contributed by atoms with Gasteiger partial charge in [-0.3, -0.25) is 4.72 Å². The highest BCUT2D eigenvalue weighted by molar-refractivity contribution is 7.92. The number of pyridine rings is 1. The van der Waals surface area contributed by atoms with Gasteiger partial charge in [-0.15, -0.1) is 0 Å². The van der Waals surface area contributed by atoms with Crippen molar-refractivity contribution in [3.63, 3.8) is 0 Å². The molecule has 0 aliphatic rings. The van der Waals surface area contributed by atoms with Crippen LogP contribution in [0.5, 0.6) is 0 Å². The minimum absolute atomic E-state index is 0.113. The van der Waals surface area contributed by atoms with Crippen LogP contribution in [0.2, 0.25) is 5.02 Å². The number of halogens is 1. The van der Waals surface area contributed by atoms with Crippen LogP contribution in [0.3, 0.4) is 0 Å². The van der Waals surface area contributed by atoms with Gasteiger partial charge in [0.1, 0.15) is 4.90 Å². The number of nitrogens with zero attached hydrogens (tertiary/aromatic N) is 1. The van der Waals surface area contributed by atoms with Crippen molar-refractivity contribution in [2.45, 2.75) is 31.3 Å². The fourth-order valence-electron chi connectivity index (χ4n) is 1.64. The molecule has 0 fully saturated rings. The standard InChI is InChI=1S/C13H17ClN4O2S/c1-9(2)16-7-10-6-11(8-17-10)21(19,20)18-13-12(14)4-3-5-15-13/h3-6,8-9,16-17H,7H2,1-2H3,(H,15,18). The van der Waals surface area contributed by atoms with Crippen molar-refractivity contribution in [3.8, 4) is 0 Å². The molecule has 2 aromatic heterocycles. The first kappa shape index (κ1) is 15.8. The summed E-state index contributed by atoms with van der Waals surface area (Å²) >= 11 is 5.90. The summed E-state index contributed by atoms with van der Waals surface area (Å²) in [4.78, 5) is 6.99. The van der Waals surface area contributed by atoms with E-state index in [2.05, 4.69) is 20.0 Å². The number of anilines is 1. The fraction of sp³-hybridized carbons (Fsp3) is 0.308. The molecule has 6 nitrogen and oxygen atoms in total. The topological polar surface area (TPSA) is 86.9 Å². The lowest BCUT2D eigenvalue weighted by atomic mass is 10.3. The van der Waals surface area contributed by atoms with E-state index >= 15 is 0 Å². The van der Waals surface area contributed by atoms with Gasteiger partial charge in [0.2, 0.25) is 0 Å². The number of aromatic nitrogens is 2. The predicted molar refractivity (Wildman–Crippen MR) is 82.8 cm³/mol. The van der Waals surface area contributed by atoms with Crippen molar-refractivity contribution in [3.05, 3.63) is 41.3 Å². The smallest absolute Gasteiger partial charge is 0.264 e. The molecular formula is C13H17ClN4O2S. The molecule has 0 atom stereocenters. The number of nitrogens with one attached hydrogen (secondary N) is 3. The van der Waals surface area contributed by atoms with Gasteiger partial charge in [-0.05, 0) is 18.2 Å². The monoisotopic (exact) mass is 328 g/mol. The molecule has 3 N–H and O–H groups in total. The maximum atomic E-state index is 12.3. The Morgan fingerprint density at radius 3 is 2.86 bits per heavy atom.